The fourth-order valence-corrected chi connectivity index (χ4v) is 3.37. The number of fused-ring (bicyclic) bond motifs is 1. The van der Waals surface area contributed by atoms with Crippen molar-refractivity contribution in [3.63, 3.8) is 0 Å². The van der Waals surface area contributed by atoms with E-state index in [1.807, 2.05) is 12.3 Å². The van der Waals surface area contributed by atoms with E-state index in [9.17, 15) is 9.50 Å². The van der Waals surface area contributed by atoms with Gasteiger partial charge in [0.15, 0.2) is 0 Å². The van der Waals surface area contributed by atoms with Gasteiger partial charge in [-0.25, -0.2) is 4.39 Å². The minimum absolute atomic E-state index is 0.0863. The van der Waals surface area contributed by atoms with Crippen LogP contribution in [0.4, 0.5) is 4.39 Å². The number of aromatic nitrogens is 1. The quantitative estimate of drug-likeness (QED) is 0.877. The summed E-state index contributed by atoms with van der Waals surface area (Å²) < 4.78 is 15.4. The van der Waals surface area contributed by atoms with Crippen LogP contribution in [0.1, 0.15) is 43.2 Å². The zero-order valence-electron chi connectivity index (χ0n) is 12.2. The maximum atomic E-state index is 13.2. The predicted octanol–water partition coefficient (Wildman–Crippen LogP) is 4.33. The molecule has 0 radical (unpaired) electrons. The molecule has 0 aliphatic heterocycles. The van der Waals surface area contributed by atoms with Crippen molar-refractivity contribution in [1.29, 1.82) is 0 Å². The predicted molar refractivity (Wildman–Crippen MR) is 82.0 cm³/mol. The summed E-state index contributed by atoms with van der Waals surface area (Å²) >= 11 is 5.84. The summed E-state index contributed by atoms with van der Waals surface area (Å²) in [5, 5.41) is 10.4. The number of nitrogens with zero attached hydrogens (tertiary/aromatic N) is 1. The van der Waals surface area contributed by atoms with Crippen molar-refractivity contribution in [2.24, 2.45) is 5.41 Å². The molecular weight excluding hydrogens is 289 g/mol. The van der Waals surface area contributed by atoms with Crippen LogP contribution in [0.25, 0.3) is 0 Å². The molecule has 1 aromatic heterocycles. The van der Waals surface area contributed by atoms with Crippen LogP contribution in [0, 0.1) is 11.2 Å². The van der Waals surface area contributed by atoms with Gasteiger partial charge < -0.3 is 9.67 Å². The molecule has 1 aliphatic rings. The van der Waals surface area contributed by atoms with Crippen molar-refractivity contribution in [3.8, 4) is 0 Å². The molecule has 1 heterocycles. The van der Waals surface area contributed by atoms with E-state index in [1.54, 1.807) is 12.1 Å². The maximum Gasteiger partial charge on any atom is 0.141 e. The second-order valence-electron chi connectivity index (χ2n) is 6.66. The Hall–Kier alpha value is -1.32. The highest BCUT2D eigenvalue weighted by molar-refractivity contribution is 6.30. The molecular formula is C17H19ClFNO. The number of halogens is 2. The number of rotatable bonds is 2. The van der Waals surface area contributed by atoms with Gasteiger partial charge in [-0.1, -0.05) is 31.5 Å². The van der Waals surface area contributed by atoms with E-state index in [0.29, 0.717) is 6.54 Å². The molecule has 2 aromatic rings. The van der Waals surface area contributed by atoms with Crippen LogP contribution in [0.3, 0.4) is 0 Å². The van der Waals surface area contributed by atoms with Crippen molar-refractivity contribution < 1.29 is 9.50 Å². The third-order valence-electron chi connectivity index (χ3n) is 4.20. The fourth-order valence-electron chi connectivity index (χ4n) is 3.17. The monoisotopic (exact) mass is 307 g/mol. The average molecular weight is 308 g/mol. The average Bonchev–Trinajstić information content (AvgIpc) is 2.76. The first-order chi connectivity index (χ1) is 9.85. The third kappa shape index (κ3) is 2.85. The highest BCUT2D eigenvalue weighted by Crippen LogP contribution is 2.41. The smallest absolute Gasteiger partial charge is 0.141 e. The molecule has 112 valence electrons. The van der Waals surface area contributed by atoms with Crippen LogP contribution < -0.4 is 0 Å². The maximum absolute atomic E-state index is 13.2. The first-order valence-electron chi connectivity index (χ1n) is 7.16. The number of hydrogen-bond acceptors (Lipinski definition) is 1. The summed E-state index contributed by atoms with van der Waals surface area (Å²) in [6, 6.07) is 6.79. The van der Waals surface area contributed by atoms with Gasteiger partial charge in [0, 0.05) is 24.0 Å². The molecule has 4 heteroatoms. The Bertz CT molecular complexity index is 677. The third-order valence-corrected chi connectivity index (χ3v) is 4.49. The Morgan fingerprint density at radius 2 is 2.14 bits per heavy atom. The largest absolute Gasteiger partial charge is 0.388 e. The van der Waals surface area contributed by atoms with E-state index in [0.717, 1.165) is 24.0 Å². The van der Waals surface area contributed by atoms with E-state index in [2.05, 4.69) is 18.4 Å². The van der Waals surface area contributed by atoms with Crippen LogP contribution in [0.15, 0.2) is 30.5 Å². The number of benzene rings is 1. The minimum atomic E-state index is -0.401. The standard InChI is InChI=1S/C17H19ClFNO/c1-17(2)8-15-12(16(21)9-17)5-6-20(15)10-11-3-4-14(19)13(18)7-11/h3-7,16,21H,8-10H2,1-2H3. The van der Waals surface area contributed by atoms with Gasteiger partial charge >= 0.3 is 0 Å². The van der Waals surface area contributed by atoms with Crippen molar-refractivity contribution >= 4 is 11.6 Å². The lowest BCUT2D eigenvalue weighted by molar-refractivity contribution is 0.0981. The molecule has 1 N–H and O–H groups in total. The van der Waals surface area contributed by atoms with Gasteiger partial charge in [-0.3, -0.25) is 0 Å². The van der Waals surface area contributed by atoms with E-state index < -0.39 is 11.9 Å². The number of aliphatic hydroxyl groups is 1. The SMILES string of the molecule is CC1(C)Cc2c(ccn2Cc2ccc(F)c(Cl)c2)C(O)C1. The van der Waals surface area contributed by atoms with Crippen LogP contribution in [0.5, 0.6) is 0 Å². The van der Waals surface area contributed by atoms with Crippen molar-refractivity contribution in [2.45, 2.75) is 39.3 Å². The van der Waals surface area contributed by atoms with E-state index >= 15 is 0 Å². The summed E-state index contributed by atoms with van der Waals surface area (Å²) in [5.41, 5.74) is 3.22. The van der Waals surface area contributed by atoms with E-state index in [-0.39, 0.29) is 10.4 Å². The van der Waals surface area contributed by atoms with Gasteiger partial charge in [-0.05, 0) is 42.0 Å². The summed E-state index contributed by atoms with van der Waals surface area (Å²) in [4.78, 5) is 0. The summed E-state index contributed by atoms with van der Waals surface area (Å²) in [6.07, 6.45) is 3.31. The first kappa shape index (κ1) is 14.6. The lowest BCUT2D eigenvalue weighted by Gasteiger charge is -2.34. The molecule has 0 saturated heterocycles. The van der Waals surface area contributed by atoms with E-state index in [4.69, 9.17) is 11.6 Å². The Kier molecular flexibility index (Phi) is 3.58. The van der Waals surface area contributed by atoms with Crippen LogP contribution in [-0.2, 0) is 13.0 Å². The van der Waals surface area contributed by atoms with Crippen LogP contribution in [-0.4, -0.2) is 9.67 Å². The zero-order chi connectivity index (χ0) is 15.2. The van der Waals surface area contributed by atoms with Gasteiger partial charge in [0.2, 0.25) is 0 Å². The molecule has 1 aromatic carbocycles. The van der Waals surface area contributed by atoms with Crippen LogP contribution >= 0.6 is 11.6 Å². The van der Waals surface area contributed by atoms with Crippen LogP contribution in [0.2, 0.25) is 5.02 Å². The summed E-state index contributed by atoms with van der Waals surface area (Å²) in [7, 11) is 0. The summed E-state index contributed by atoms with van der Waals surface area (Å²) in [5.74, 6) is -0.397. The highest BCUT2D eigenvalue weighted by atomic mass is 35.5. The summed E-state index contributed by atoms with van der Waals surface area (Å²) in [6.45, 7) is 4.98. The molecule has 0 saturated carbocycles. The van der Waals surface area contributed by atoms with Gasteiger partial charge in [-0.2, -0.15) is 0 Å². The van der Waals surface area contributed by atoms with Crippen molar-refractivity contribution in [2.75, 3.05) is 0 Å². The molecule has 0 bridgehead atoms. The van der Waals surface area contributed by atoms with Gasteiger partial charge in [0.1, 0.15) is 5.82 Å². The molecule has 1 unspecified atom stereocenters. The molecule has 1 atom stereocenters. The number of hydrogen-bond donors (Lipinski definition) is 1. The molecule has 0 spiro atoms. The molecule has 0 amide bonds. The second kappa shape index (κ2) is 5.15. The van der Waals surface area contributed by atoms with Gasteiger partial charge in [0.25, 0.3) is 0 Å². The first-order valence-corrected chi connectivity index (χ1v) is 7.53. The van der Waals surface area contributed by atoms with Gasteiger partial charge in [0.05, 0.1) is 11.1 Å². The lowest BCUT2D eigenvalue weighted by Crippen LogP contribution is -2.26. The molecule has 21 heavy (non-hydrogen) atoms. The normalized spacial score (nSPS) is 20.3. The van der Waals surface area contributed by atoms with Crippen molar-refractivity contribution in [1.82, 2.24) is 4.57 Å². The van der Waals surface area contributed by atoms with Gasteiger partial charge in [-0.15, -0.1) is 0 Å². The molecule has 1 aliphatic carbocycles. The molecule has 0 fully saturated rings. The zero-order valence-corrected chi connectivity index (χ0v) is 13.0. The van der Waals surface area contributed by atoms with E-state index in [1.165, 1.54) is 11.8 Å². The minimum Gasteiger partial charge on any atom is -0.388 e. The number of aliphatic hydroxyl groups excluding tert-OH is 1. The molecule has 3 rings (SSSR count). The highest BCUT2D eigenvalue weighted by Gasteiger charge is 2.33. The fraction of sp³-hybridized carbons (Fsp3) is 0.412. The Labute approximate surface area is 129 Å². The Balaban J connectivity index is 1.92. The second-order valence-corrected chi connectivity index (χ2v) is 7.06. The Morgan fingerprint density at radius 3 is 2.86 bits per heavy atom. The molecule has 2 nitrogen and oxygen atoms in total. The van der Waals surface area contributed by atoms with Crippen molar-refractivity contribution in [3.05, 3.63) is 58.1 Å². The topological polar surface area (TPSA) is 25.2 Å². The Morgan fingerprint density at radius 1 is 1.38 bits per heavy atom. The lowest BCUT2D eigenvalue weighted by atomic mass is 9.75.